The van der Waals surface area contributed by atoms with Crippen LogP contribution in [0.2, 0.25) is 0 Å². The molecule has 3 aromatic rings. The van der Waals surface area contributed by atoms with Crippen LogP contribution in [0.5, 0.6) is 5.75 Å². The molecule has 170 valence electrons. The van der Waals surface area contributed by atoms with Gasteiger partial charge in [0.1, 0.15) is 5.75 Å². The molecule has 0 radical (unpaired) electrons. The van der Waals surface area contributed by atoms with Crippen molar-refractivity contribution in [1.29, 1.82) is 0 Å². The van der Waals surface area contributed by atoms with Gasteiger partial charge in [0.15, 0.2) is 6.10 Å². The van der Waals surface area contributed by atoms with Crippen LogP contribution in [0.3, 0.4) is 0 Å². The van der Waals surface area contributed by atoms with E-state index in [9.17, 15) is 9.90 Å². The summed E-state index contributed by atoms with van der Waals surface area (Å²) in [4.78, 5) is 11.3. The Morgan fingerprint density at radius 2 is 1.55 bits per heavy atom. The quantitative estimate of drug-likeness (QED) is 0.431. The molecular formula is C29H30O4. The Labute approximate surface area is 195 Å². The van der Waals surface area contributed by atoms with Gasteiger partial charge in [0.05, 0.1) is 6.61 Å². The molecule has 0 aliphatic heterocycles. The lowest BCUT2D eigenvalue weighted by Gasteiger charge is -2.13. The molecule has 0 bridgehead atoms. The van der Waals surface area contributed by atoms with Gasteiger partial charge in [0.25, 0.3) is 0 Å². The van der Waals surface area contributed by atoms with Gasteiger partial charge in [-0.3, -0.25) is 0 Å². The Kier molecular flexibility index (Phi) is 7.59. The SMILES string of the molecule is CCOC(Cc1ccc(OCCC=C2c3ccccc3CCc3ccccc32)cc1)C(=O)O. The number of carboxylic acids is 1. The summed E-state index contributed by atoms with van der Waals surface area (Å²) < 4.78 is 11.3. The van der Waals surface area contributed by atoms with Gasteiger partial charge in [-0.1, -0.05) is 66.7 Å². The van der Waals surface area contributed by atoms with Crippen LogP contribution in [0, 0.1) is 0 Å². The first kappa shape index (κ1) is 22.8. The Morgan fingerprint density at radius 3 is 2.12 bits per heavy atom. The Balaban J connectivity index is 1.41. The Hall–Kier alpha value is -3.37. The zero-order chi connectivity index (χ0) is 23.0. The number of aliphatic carboxylic acids is 1. The summed E-state index contributed by atoms with van der Waals surface area (Å²) in [5.74, 6) is -0.158. The van der Waals surface area contributed by atoms with E-state index in [-0.39, 0.29) is 0 Å². The van der Waals surface area contributed by atoms with Gasteiger partial charge < -0.3 is 14.6 Å². The van der Waals surface area contributed by atoms with E-state index in [0.29, 0.717) is 19.6 Å². The van der Waals surface area contributed by atoms with E-state index < -0.39 is 12.1 Å². The maximum absolute atomic E-state index is 11.3. The normalized spacial score (nSPS) is 13.4. The number of hydrogen-bond donors (Lipinski definition) is 1. The molecule has 1 N–H and O–H groups in total. The largest absolute Gasteiger partial charge is 0.493 e. The van der Waals surface area contributed by atoms with Crippen LogP contribution >= 0.6 is 0 Å². The Bertz CT molecular complexity index is 1060. The summed E-state index contributed by atoms with van der Waals surface area (Å²) in [6.45, 7) is 2.75. The second kappa shape index (κ2) is 11.0. The first-order chi connectivity index (χ1) is 16.2. The average Bonchev–Trinajstić information content (AvgIpc) is 2.99. The van der Waals surface area contributed by atoms with Crippen LogP contribution in [-0.4, -0.2) is 30.4 Å². The second-order valence-electron chi connectivity index (χ2n) is 8.20. The molecule has 0 spiro atoms. The molecule has 33 heavy (non-hydrogen) atoms. The predicted molar refractivity (Wildman–Crippen MR) is 131 cm³/mol. The molecule has 3 aromatic carbocycles. The fourth-order valence-corrected chi connectivity index (χ4v) is 4.37. The molecule has 4 rings (SSSR count). The van der Waals surface area contributed by atoms with Crippen molar-refractivity contribution in [1.82, 2.24) is 0 Å². The lowest BCUT2D eigenvalue weighted by Crippen LogP contribution is -2.26. The lowest BCUT2D eigenvalue weighted by molar-refractivity contribution is -0.149. The van der Waals surface area contributed by atoms with Gasteiger partial charge in [-0.15, -0.1) is 0 Å². The van der Waals surface area contributed by atoms with Crippen molar-refractivity contribution in [3.63, 3.8) is 0 Å². The number of benzene rings is 3. The van der Waals surface area contributed by atoms with Gasteiger partial charge in [0.2, 0.25) is 0 Å². The average molecular weight is 443 g/mol. The molecule has 1 aliphatic rings. The van der Waals surface area contributed by atoms with Crippen molar-refractivity contribution >= 4 is 11.5 Å². The molecule has 1 aliphatic carbocycles. The summed E-state index contributed by atoms with van der Waals surface area (Å²) in [5, 5.41) is 9.26. The molecule has 0 fully saturated rings. The van der Waals surface area contributed by atoms with E-state index in [1.54, 1.807) is 6.92 Å². The molecule has 0 heterocycles. The van der Waals surface area contributed by atoms with Crippen LogP contribution in [-0.2, 0) is 28.8 Å². The van der Waals surface area contributed by atoms with Crippen LogP contribution in [0.25, 0.3) is 5.57 Å². The van der Waals surface area contributed by atoms with Crippen molar-refractivity contribution in [2.45, 2.75) is 38.7 Å². The second-order valence-corrected chi connectivity index (χ2v) is 8.20. The number of aryl methyl sites for hydroxylation is 2. The third kappa shape index (κ3) is 5.71. The van der Waals surface area contributed by atoms with Gasteiger partial charge >= 0.3 is 5.97 Å². The maximum atomic E-state index is 11.3. The number of fused-ring (bicyclic) bond motifs is 2. The van der Waals surface area contributed by atoms with Crippen molar-refractivity contribution in [2.75, 3.05) is 13.2 Å². The molecule has 1 atom stereocenters. The van der Waals surface area contributed by atoms with Crippen molar-refractivity contribution in [3.8, 4) is 5.75 Å². The summed E-state index contributed by atoms with van der Waals surface area (Å²) >= 11 is 0. The van der Waals surface area contributed by atoms with Gasteiger partial charge in [-0.2, -0.15) is 0 Å². The fraction of sp³-hybridized carbons (Fsp3) is 0.276. The molecule has 0 amide bonds. The van der Waals surface area contributed by atoms with Gasteiger partial charge in [-0.05, 0) is 65.3 Å². The zero-order valence-electron chi connectivity index (χ0n) is 19.0. The van der Waals surface area contributed by atoms with E-state index in [4.69, 9.17) is 9.47 Å². The van der Waals surface area contributed by atoms with Crippen LogP contribution in [0.1, 0.15) is 41.2 Å². The van der Waals surface area contributed by atoms with E-state index in [1.807, 2.05) is 24.3 Å². The number of carbonyl (C=O) groups is 1. The third-order valence-electron chi connectivity index (χ3n) is 6.00. The van der Waals surface area contributed by atoms with Gasteiger partial charge in [-0.25, -0.2) is 4.79 Å². The van der Waals surface area contributed by atoms with Crippen molar-refractivity contribution in [2.24, 2.45) is 0 Å². The number of hydrogen-bond acceptors (Lipinski definition) is 3. The minimum Gasteiger partial charge on any atom is -0.493 e. The first-order valence-electron chi connectivity index (χ1n) is 11.6. The predicted octanol–water partition coefficient (Wildman–Crippen LogP) is 5.72. The van der Waals surface area contributed by atoms with E-state index >= 15 is 0 Å². The van der Waals surface area contributed by atoms with E-state index in [1.165, 1.54) is 27.8 Å². The lowest BCUT2D eigenvalue weighted by atomic mass is 9.93. The Morgan fingerprint density at radius 1 is 0.939 bits per heavy atom. The van der Waals surface area contributed by atoms with Crippen molar-refractivity contribution in [3.05, 3.63) is 107 Å². The molecular weight excluding hydrogens is 412 g/mol. The van der Waals surface area contributed by atoms with Crippen LogP contribution < -0.4 is 4.74 Å². The highest BCUT2D eigenvalue weighted by Crippen LogP contribution is 2.33. The topological polar surface area (TPSA) is 55.8 Å². The third-order valence-corrected chi connectivity index (χ3v) is 6.00. The van der Waals surface area contributed by atoms with Gasteiger partial charge in [0, 0.05) is 19.4 Å². The monoisotopic (exact) mass is 442 g/mol. The minimum atomic E-state index is -0.938. The maximum Gasteiger partial charge on any atom is 0.333 e. The number of rotatable bonds is 9. The van der Waals surface area contributed by atoms with E-state index in [0.717, 1.165) is 30.6 Å². The van der Waals surface area contributed by atoms with Crippen LogP contribution in [0.15, 0.2) is 78.9 Å². The molecule has 4 nitrogen and oxygen atoms in total. The summed E-state index contributed by atoms with van der Waals surface area (Å²) in [6, 6.07) is 24.9. The fourth-order valence-electron chi connectivity index (χ4n) is 4.37. The summed E-state index contributed by atoms with van der Waals surface area (Å²) in [7, 11) is 0. The molecule has 0 aromatic heterocycles. The smallest absolute Gasteiger partial charge is 0.333 e. The number of carboxylic acid groups (broad SMARTS) is 1. The first-order valence-corrected chi connectivity index (χ1v) is 11.6. The van der Waals surface area contributed by atoms with Crippen molar-refractivity contribution < 1.29 is 19.4 Å². The molecule has 0 saturated heterocycles. The highest BCUT2D eigenvalue weighted by Gasteiger charge is 2.18. The minimum absolute atomic E-state index is 0.342. The molecule has 1 unspecified atom stereocenters. The standard InChI is InChI=1S/C29H30O4/c1-2-32-28(29(30)31)20-21-13-17-24(18-14-21)33-19-7-12-27-25-10-5-3-8-22(25)15-16-23-9-4-6-11-26(23)27/h3-6,8-14,17-18,28H,2,7,15-16,19-20H2,1H3,(H,30,31). The summed E-state index contributed by atoms with van der Waals surface area (Å²) in [6.07, 6.45) is 4.72. The zero-order valence-corrected chi connectivity index (χ0v) is 19.0. The van der Waals surface area contributed by atoms with Crippen LogP contribution in [0.4, 0.5) is 0 Å². The molecule has 4 heteroatoms. The highest BCUT2D eigenvalue weighted by molar-refractivity contribution is 5.83. The summed E-state index contributed by atoms with van der Waals surface area (Å²) in [5.41, 5.74) is 7.61. The van der Waals surface area contributed by atoms with E-state index in [2.05, 4.69) is 54.6 Å². The molecule has 0 saturated carbocycles. The number of ether oxygens (including phenoxy) is 2. The highest BCUT2D eigenvalue weighted by atomic mass is 16.5.